The molecule has 0 saturated carbocycles. The van der Waals surface area contributed by atoms with Crippen LogP contribution >= 0.6 is 35.3 Å². The van der Waals surface area contributed by atoms with E-state index < -0.39 is 0 Å². The quantitative estimate of drug-likeness (QED) is 0.272. The van der Waals surface area contributed by atoms with Gasteiger partial charge in [0.2, 0.25) is 5.52 Å². The molecule has 0 bridgehead atoms. The molecule has 0 aliphatic carbocycles. The van der Waals surface area contributed by atoms with Gasteiger partial charge in [-0.05, 0) is 41.3 Å². The van der Waals surface area contributed by atoms with E-state index in [0.717, 1.165) is 0 Å². The monoisotopic (exact) mass is 473 g/mol. The summed E-state index contributed by atoms with van der Waals surface area (Å²) >= 11 is 1.83. The second-order valence-corrected chi connectivity index (χ2v) is 7.51. The molecule has 1 heterocycles. The first-order valence-electron chi connectivity index (χ1n) is 8.39. The van der Waals surface area contributed by atoms with Gasteiger partial charge in [0.25, 0.3) is 5.01 Å². The number of aromatic nitrogens is 1. The topological polar surface area (TPSA) is 7.12 Å². The van der Waals surface area contributed by atoms with Gasteiger partial charge in [-0.1, -0.05) is 47.7 Å². The number of hydrogen-bond acceptors (Lipinski definition) is 2. The van der Waals surface area contributed by atoms with Crippen molar-refractivity contribution in [2.75, 3.05) is 19.0 Å². The van der Waals surface area contributed by atoms with Gasteiger partial charge in [0.1, 0.15) is 11.7 Å². The third-order valence-corrected chi connectivity index (χ3v) is 5.74. The summed E-state index contributed by atoms with van der Waals surface area (Å²) in [5.41, 5.74) is 3.75. The Morgan fingerprint density at radius 3 is 2.35 bits per heavy atom. The lowest BCUT2D eigenvalue weighted by Crippen LogP contribution is -2.29. The second kappa shape index (κ2) is 7.76. The maximum atomic E-state index is 2.30. The number of benzene rings is 3. The van der Waals surface area contributed by atoms with Crippen LogP contribution in [0.5, 0.6) is 0 Å². The van der Waals surface area contributed by atoms with Gasteiger partial charge in [-0.15, -0.1) is 24.0 Å². The third kappa shape index (κ3) is 3.48. The van der Waals surface area contributed by atoms with Crippen molar-refractivity contribution < 1.29 is 4.57 Å². The summed E-state index contributed by atoms with van der Waals surface area (Å²) in [6, 6.07) is 21.7. The summed E-state index contributed by atoms with van der Waals surface area (Å²) in [6.45, 7) is 0. The van der Waals surface area contributed by atoms with E-state index in [-0.39, 0.29) is 24.0 Å². The predicted molar refractivity (Wildman–Crippen MR) is 126 cm³/mol. The number of hydrogen-bond donors (Lipinski definition) is 0. The van der Waals surface area contributed by atoms with Crippen LogP contribution in [0.1, 0.15) is 10.6 Å². The van der Waals surface area contributed by atoms with Gasteiger partial charge in [0, 0.05) is 25.9 Å². The molecule has 4 aromatic rings. The SMILES string of the molecule is CN(C)c1ccc(C=Cc2sc3ccc4ccccc4c3[n+]2C)cc1.I. The number of aryl methyl sites for hydroxylation is 1. The Balaban J connectivity index is 0.00000196. The Kier molecular flexibility index (Phi) is 5.63. The van der Waals surface area contributed by atoms with Crippen molar-refractivity contribution in [2.45, 2.75) is 0 Å². The zero-order valence-electron chi connectivity index (χ0n) is 15.1. The van der Waals surface area contributed by atoms with Gasteiger partial charge < -0.3 is 4.90 Å². The molecule has 0 saturated heterocycles. The molecule has 0 aliphatic rings. The number of rotatable bonds is 3. The lowest BCUT2D eigenvalue weighted by molar-refractivity contribution is -0.641. The van der Waals surface area contributed by atoms with Crippen molar-refractivity contribution in [3.63, 3.8) is 0 Å². The van der Waals surface area contributed by atoms with Crippen LogP contribution in [-0.2, 0) is 7.05 Å². The number of fused-ring (bicyclic) bond motifs is 3. The maximum Gasteiger partial charge on any atom is 0.262 e. The van der Waals surface area contributed by atoms with E-state index in [2.05, 4.69) is 103 Å². The molecule has 0 radical (unpaired) electrons. The van der Waals surface area contributed by atoms with E-state index in [9.17, 15) is 0 Å². The van der Waals surface area contributed by atoms with Gasteiger partial charge in [-0.3, -0.25) is 0 Å². The highest BCUT2D eigenvalue weighted by Crippen LogP contribution is 2.28. The fourth-order valence-corrected chi connectivity index (χ4v) is 4.22. The van der Waals surface area contributed by atoms with Crippen molar-refractivity contribution in [1.29, 1.82) is 0 Å². The van der Waals surface area contributed by atoms with Crippen LogP contribution in [0.4, 0.5) is 5.69 Å². The molecule has 26 heavy (non-hydrogen) atoms. The molecule has 0 atom stereocenters. The Morgan fingerprint density at radius 1 is 0.885 bits per heavy atom. The van der Waals surface area contributed by atoms with Crippen molar-refractivity contribution in [3.05, 3.63) is 71.2 Å². The highest BCUT2D eigenvalue weighted by molar-refractivity contribution is 14.0. The molecule has 4 heteroatoms. The van der Waals surface area contributed by atoms with Crippen LogP contribution in [-0.4, -0.2) is 14.1 Å². The highest BCUT2D eigenvalue weighted by atomic mass is 127. The van der Waals surface area contributed by atoms with Gasteiger partial charge in [-0.2, -0.15) is 4.57 Å². The molecule has 0 spiro atoms. The Bertz CT molecular complexity index is 1080. The van der Waals surface area contributed by atoms with Crippen molar-refractivity contribution in [1.82, 2.24) is 0 Å². The zero-order chi connectivity index (χ0) is 17.4. The first-order valence-corrected chi connectivity index (χ1v) is 9.21. The minimum Gasteiger partial charge on any atom is -0.378 e. The lowest BCUT2D eigenvalue weighted by atomic mass is 10.1. The van der Waals surface area contributed by atoms with E-state index in [1.807, 2.05) is 11.3 Å². The number of thiazole rings is 1. The molecular formula is C22H22IN2S+. The van der Waals surface area contributed by atoms with Crippen LogP contribution in [0.25, 0.3) is 33.1 Å². The average molecular weight is 473 g/mol. The molecule has 132 valence electrons. The smallest absolute Gasteiger partial charge is 0.262 e. The standard InChI is InChI=1S/C22H21N2S.HI/c1-23(2)18-12-8-16(9-13-18)10-15-21-24(3)22-19-7-5-4-6-17(19)11-14-20(22)25-21;/h4-15H,1-3H3;1H/q+1;. The molecule has 0 aliphatic heterocycles. The summed E-state index contributed by atoms with van der Waals surface area (Å²) in [6.07, 6.45) is 4.40. The summed E-state index contributed by atoms with van der Waals surface area (Å²) in [7, 11) is 6.28. The van der Waals surface area contributed by atoms with E-state index in [1.165, 1.54) is 37.2 Å². The van der Waals surface area contributed by atoms with E-state index in [0.29, 0.717) is 0 Å². The minimum absolute atomic E-state index is 0. The lowest BCUT2D eigenvalue weighted by Gasteiger charge is -2.11. The van der Waals surface area contributed by atoms with E-state index in [4.69, 9.17) is 0 Å². The van der Waals surface area contributed by atoms with Gasteiger partial charge in [0.05, 0.1) is 5.39 Å². The van der Waals surface area contributed by atoms with Crippen molar-refractivity contribution in [3.8, 4) is 0 Å². The number of nitrogens with zero attached hydrogens (tertiary/aromatic N) is 2. The summed E-state index contributed by atoms with van der Waals surface area (Å²) in [5.74, 6) is 0. The van der Waals surface area contributed by atoms with Gasteiger partial charge in [-0.25, -0.2) is 0 Å². The molecule has 4 rings (SSSR count). The fourth-order valence-electron chi connectivity index (χ4n) is 3.15. The normalized spacial score (nSPS) is 11.2. The van der Waals surface area contributed by atoms with Gasteiger partial charge >= 0.3 is 0 Å². The average Bonchev–Trinajstić information content (AvgIpc) is 2.96. The van der Waals surface area contributed by atoms with Crippen molar-refractivity contribution >= 4 is 74.1 Å². The maximum absolute atomic E-state index is 2.30. The van der Waals surface area contributed by atoms with E-state index >= 15 is 0 Å². The molecule has 0 N–H and O–H groups in total. The minimum atomic E-state index is 0. The zero-order valence-corrected chi connectivity index (χ0v) is 18.3. The summed E-state index contributed by atoms with van der Waals surface area (Å²) in [4.78, 5) is 2.12. The van der Waals surface area contributed by atoms with E-state index in [1.54, 1.807) is 0 Å². The first-order chi connectivity index (χ1) is 12.1. The summed E-state index contributed by atoms with van der Waals surface area (Å²) in [5, 5.41) is 3.86. The second-order valence-electron chi connectivity index (χ2n) is 6.45. The number of anilines is 1. The van der Waals surface area contributed by atoms with Crippen LogP contribution in [0.15, 0.2) is 60.7 Å². The summed E-state index contributed by atoms with van der Waals surface area (Å²) < 4.78 is 3.62. The van der Waals surface area contributed by atoms with Crippen LogP contribution in [0.3, 0.4) is 0 Å². The van der Waals surface area contributed by atoms with Gasteiger partial charge in [0.15, 0.2) is 0 Å². The number of halogens is 1. The Labute approximate surface area is 175 Å². The van der Waals surface area contributed by atoms with Crippen molar-refractivity contribution in [2.24, 2.45) is 7.05 Å². The first kappa shape index (κ1) is 18.9. The largest absolute Gasteiger partial charge is 0.378 e. The molecule has 2 nitrogen and oxygen atoms in total. The van der Waals surface area contributed by atoms with Crippen LogP contribution in [0, 0.1) is 0 Å². The molecule has 0 fully saturated rings. The Morgan fingerprint density at radius 2 is 1.62 bits per heavy atom. The molecule has 1 aromatic heterocycles. The van der Waals surface area contributed by atoms with Crippen LogP contribution in [0.2, 0.25) is 0 Å². The molecule has 0 unspecified atom stereocenters. The fraction of sp³-hybridized carbons (Fsp3) is 0.136. The highest BCUT2D eigenvalue weighted by Gasteiger charge is 2.17. The third-order valence-electron chi connectivity index (χ3n) is 4.57. The predicted octanol–water partition coefficient (Wildman–Crippen LogP) is 5.73. The molecule has 3 aromatic carbocycles. The van der Waals surface area contributed by atoms with Crippen LogP contribution < -0.4 is 9.47 Å². The Hall–Kier alpha value is -1.92. The molecule has 0 amide bonds. The molecular weight excluding hydrogens is 451 g/mol.